The van der Waals surface area contributed by atoms with Gasteiger partial charge < -0.3 is 14.6 Å². The Morgan fingerprint density at radius 1 is 1.30 bits per heavy atom. The van der Waals surface area contributed by atoms with Crippen LogP contribution in [-0.2, 0) is 4.79 Å². The van der Waals surface area contributed by atoms with Crippen LogP contribution in [0.4, 0.5) is 11.6 Å². The molecule has 2 rings (SSSR count). The van der Waals surface area contributed by atoms with Gasteiger partial charge in [0.1, 0.15) is 4.92 Å². The van der Waals surface area contributed by atoms with Gasteiger partial charge in [0, 0.05) is 11.5 Å². The highest BCUT2D eigenvalue weighted by molar-refractivity contribution is 9.10. The second-order valence-corrected chi connectivity index (χ2v) is 5.44. The van der Waals surface area contributed by atoms with Crippen LogP contribution >= 0.6 is 15.9 Å². The summed E-state index contributed by atoms with van der Waals surface area (Å²) < 4.78 is 5.53. The van der Waals surface area contributed by atoms with Crippen molar-refractivity contribution in [1.29, 1.82) is 0 Å². The quantitative estimate of drug-likeness (QED) is 0.632. The van der Waals surface area contributed by atoms with Crippen LogP contribution in [0.3, 0.4) is 0 Å². The molecule has 2 aromatic rings. The van der Waals surface area contributed by atoms with Gasteiger partial charge in [-0.2, -0.15) is 0 Å². The van der Waals surface area contributed by atoms with Gasteiger partial charge >= 0.3 is 5.88 Å². The Morgan fingerprint density at radius 2 is 2.00 bits per heavy atom. The molecule has 1 N–H and O–H groups in total. The Hall–Kier alpha value is -2.68. The molecule has 1 aromatic heterocycles. The number of nitrogens with one attached hydrogen (secondary N) is 1. The summed E-state index contributed by atoms with van der Waals surface area (Å²) in [7, 11) is 1.40. The molecule has 8 nitrogen and oxygen atoms in total. The lowest BCUT2D eigenvalue weighted by atomic mass is 10.3. The maximum absolute atomic E-state index is 12.1. The molecule has 0 aliphatic carbocycles. The average molecular weight is 382 g/mol. The van der Waals surface area contributed by atoms with E-state index in [-0.39, 0.29) is 12.3 Å². The van der Waals surface area contributed by atoms with E-state index in [0.29, 0.717) is 10.2 Å². The van der Waals surface area contributed by atoms with E-state index in [2.05, 4.69) is 21.2 Å². The maximum atomic E-state index is 12.1. The molecule has 0 saturated heterocycles. The van der Waals surface area contributed by atoms with E-state index in [4.69, 9.17) is 4.42 Å². The summed E-state index contributed by atoms with van der Waals surface area (Å²) in [6.07, 6.45) is 0. The van der Waals surface area contributed by atoms with Crippen LogP contribution in [0.2, 0.25) is 0 Å². The van der Waals surface area contributed by atoms with E-state index < -0.39 is 22.6 Å². The Kier molecular flexibility index (Phi) is 5.12. The predicted molar refractivity (Wildman–Crippen MR) is 85.1 cm³/mol. The van der Waals surface area contributed by atoms with E-state index in [1.807, 2.05) is 0 Å². The van der Waals surface area contributed by atoms with Crippen LogP contribution in [0.1, 0.15) is 10.6 Å². The predicted octanol–water partition coefficient (Wildman–Crippen LogP) is 2.66. The summed E-state index contributed by atoms with van der Waals surface area (Å²) in [5, 5.41) is 13.2. The number of carbonyl (C=O) groups is 2. The number of halogens is 1. The van der Waals surface area contributed by atoms with E-state index >= 15 is 0 Å². The number of furan rings is 1. The van der Waals surface area contributed by atoms with Crippen molar-refractivity contribution in [2.45, 2.75) is 0 Å². The first-order valence-electron chi connectivity index (χ1n) is 6.42. The van der Waals surface area contributed by atoms with Crippen molar-refractivity contribution in [1.82, 2.24) is 4.90 Å². The number of likely N-dealkylation sites (N-methyl/N-ethyl adjacent to an activating group) is 1. The fraction of sp³-hybridized carbons (Fsp3) is 0.143. The molecule has 0 aliphatic heterocycles. The lowest BCUT2D eigenvalue weighted by Gasteiger charge is -2.15. The molecular weight excluding hydrogens is 370 g/mol. The van der Waals surface area contributed by atoms with Gasteiger partial charge in [0.15, 0.2) is 5.76 Å². The number of hydrogen-bond acceptors (Lipinski definition) is 5. The zero-order valence-electron chi connectivity index (χ0n) is 12.0. The normalized spacial score (nSPS) is 10.2. The summed E-state index contributed by atoms with van der Waals surface area (Å²) in [6, 6.07) is 9.33. The SMILES string of the molecule is CN(CC(=O)Nc1ccccc1Br)C(=O)c1ccc([N+](=O)[O-])o1. The van der Waals surface area contributed by atoms with E-state index in [1.54, 1.807) is 24.3 Å². The Bertz CT molecular complexity index is 758. The summed E-state index contributed by atoms with van der Waals surface area (Å²) >= 11 is 3.30. The highest BCUT2D eigenvalue weighted by Crippen LogP contribution is 2.21. The molecule has 0 saturated carbocycles. The lowest BCUT2D eigenvalue weighted by Crippen LogP contribution is -2.34. The molecule has 23 heavy (non-hydrogen) atoms. The largest absolute Gasteiger partial charge is 0.433 e. The first-order chi connectivity index (χ1) is 10.9. The van der Waals surface area contributed by atoms with Gasteiger partial charge in [0.25, 0.3) is 5.91 Å². The topological polar surface area (TPSA) is 106 Å². The van der Waals surface area contributed by atoms with Gasteiger partial charge in [0.05, 0.1) is 18.3 Å². The second kappa shape index (κ2) is 7.05. The fourth-order valence-electron chi connectivity index (χ4n) is 1.77. The minimum atomic E-state index is -0.740. The first-order valence-corrected chi connectivity index (χ1v) is 7.22. The van der Waals surface area contributed by atoms with E-state index in [1.165, 1.54) is 13.1 Å². The molecule has 0 fully saturated rings. The highest BCUT2D eigenvalue weighted by atomic mass is 79.9. The van der Waals surface area contributed by atoms with Crippen molar-refractivity contribution < 1.29 is 18.9 Å². The van der Waals surface area contributed by atoms with Crippen molar-refractivity contribution in [3.63, 3.8) is 0 Å². The molecule has 1 aromatic carbocycles. The Labute approximate surface area is 139 Å². The molecule has 0 bridgehead atoms. The minimum Gasteiger partial charge on any atom is -0.395 e. The van der Waals surface area contributed by atoms with Crippen LogP contribution in [0.5, 0.6) is 0 Å². The summed E-state index contributed by atoms with van der Waals surface area (Å²) in [4.78, 5) is 34.9. The third kappa shape index (κ3) is 4.16. The second-order valence-electron chi connectivity index (χ2n) is 4.58. The van der Waals surface area contributed by atoms with Gasteiger partial charge in [-0.05, 0) is 34.1 Å². The van der Waals surface area contributed by atoms with Crippen LogP contribution in [-0.4, -0.2) is 35.2 Å². The monoisotopic (exact) mass is 381 g/mol. The number of nitrogens with zero attached hydrogens (tertiary/aromatic N) is 2. The lowest BCUT2D eigenvalue weighted by molar-refractivity contribution is -0.402. The van der Waals surface area contributed by atoms with Gasteiger partial charge in [-0.1, -0.05) is 12.1 Å². The minimum absolute atomic E-state index is 0.201. The summed E-state index contributed by atoms with van der Waals surface area (Å²) in [5.74, 6) is -1.76. The van der Waals surface area contributed by atoms with Gasteiger partial charge in [0.2, 0.25) is 5.91 Å². The number of rotatable bonds is 5. The van der Waals surface area contributed by atoms with Crippen molar-refractivity contribution in [2.24, 2.45) is 0 Å². The van der Waals surface area contributed by atoms with Crippen molar-refractivity contribution in [2.75, 3.05) is 18.9 Å². The fourth-order valence-corrected chi connectivity index (χ4v) is 2.15. The van der Waals surface area contributed by atoms with E-state index in [9.17, 15) is 19.7 Å². The zero-order chi connectivity index (χ0) is 17.0. The summed E-state index contributed by atoms with van der Waals surface area (Å²) in [5.41, 5.74) is 0.576. The number of anilines is 1. The van der Waals surface area contributed by atoms with Crippen LogP contribution in [0.25, 0.3) is 0 Å². The number of nitro groups is 1. The van der Waals surface area contributed by atoms with Gasteiger partial charge in [-0.25, -0.2) is 0 Å². The molecule has 0 unspecified atom stereocenters. The summed E-state index contributed by atoms with van der Waals surface area (Å²) in [6.45, 7) is -0.228. The third-order valence-corrected chi connectivity index (χ3v) is 3.55. The third-order valence-electron chi connectivity index (χ3n) is 2.86. The molecule has 120 valence electrons. The molecule has 0 spiro atoms. The molecule has 2 amide bonds. The Balaban J connectivity index is 1.98. The zero-order valence-corrected chi connectivity index (χ0v) is 13.6. The molecule has 0 atom stereocenters. The number of hydrogen-bond donors (Lipinski definition) is 1. The molecule has 1 heterocycles. The van der Waals surface area contributed by atoms with Crippen LogP contribution in [0, 0.1) is 10.1 Å². The van der Waals surface area contributed by atoms with Gasteiger partial charge in [-0.3, -0.25) is 19.7 Å². The van der Waals surface area contributed by atoms with Crippen molar-refractivity contribution >= 4 is 39.3 Å². The first kappa shape index (κ1) is 16.7. The van der Waals surface area contributed by atoms with Crippen molar-refractivity contribution in [3.8, 4) is 0 Å². The average Bonchev–Trinajstić information content (AvgIpc) is 2.98. The van der Waals surface area contributed by atoms with Gasteiger partial charge in [-0.15, -0.1) is 0 Å². The molecule has 9 heteroatoms. The number of para-hydroxylation sites is 1. The molecule has 0 aliphatic rings. The smallest absolute Gasteiger partial charge is 0.395 e. The number of amides is 2. The van der Waals surface area contributed by atoms with Crippen molar-refractivity contribution in [3.05, 3.63) is 56.7 Å². The van der Waals surface area contributed by atoms with E-state index in [0.717, 1.165) is 11.0 Å². The van der Waals surface area contributed by atoms with Crippen LogP contribution in [0.15, 0.2) is 45.3 Å². The number of carbonyl (C=O) groups excluding carboxylic acids is 2. The van der Waals surface area contributed by atoms with Crippen LogP contribution < -0.4 is 5.32 Å². The standard InChI is InChI=1S/C14H12BrN3O5/c1-17(14(20)11-6-7-13(23-11)18(21)22)8-12(19)16-10-5-3-2-4-9(10)15/h2-7H,8H2,1H3,(H,16,19). The molecule has 0 radical (unpaired) electrons. The maximum Gasteiger partial charge on any atom is 0.433 e. The number of benzene rings is 1. The Morgan fingerprint density at radius 3 is 2.61 bits per heavy atom. The highest BCUT2D eigenvalue weighted by Gasteiger charge is 2.21. The molecular formula is C14H12BrN3O5.